The molecule has 0 radical (unpaired) electrons. The fourth-order valence-electron chi connectivity index (χ4n) is 2.31. The van der Waals surface area contributed by atoms with E-state index in [0.717, 1.165) is 29.3 Å². The third-order valence-electron chi connectivity index (χ3n) is 3.06. The molecule has 0 aromatic heterocycles. The van der Waals surface area contributed by atoms with Crippen LogP contribution in [0, 0.1) is 0 Å². The first kappa shape index (κ1) is 12.1. The van der Waals surface area contributed by atoms with Crippen molar-refractivity contribution < 1.29 is 9.47 Å². The van der Waals surface area contributed by atoms with Crippen LogP contribution >= 0.6 is 31.9 Å². The van der Waals surface area contributed by atoms with Crippen molar-refractivity contribution in [3.8, 4) is 0 Å². The SMILES string of the molecule is BrC(Br)=CC[C@H]1COC2(CCCCC2)O1. The van der Waals surface area contributed by atoms with Gasteiger partial charge in [0.15, 0.2) is 5.79 Å². The lowest BCUT2D eigenvalue weighted by Gasteiger charge is -2.31. The van der Waals surface area contributed by atoms with Crippen molar-refractivity contribution >= 4 is 31.9 Å². The van der Waals surface area contributed by atoms with Crippen LogP contribution in [0.5, 0.6) is 0 Å². The van der Waals surface area contributed by atoms with Gasteiger partial charge in [-0.3, -0.25) is 0 Å². The zero-order valence-corrected chi connectivity index (χ0v) is 11.8. The van der Waals surface area contributed by atoms with Gasteiger partial charge in [0.25, 0.3) is 0 Å². The average Bonchev–Trinajstić information content (AvgIpc) is 2.60. The Balaban J connectivity index is 1.85. The Kier molecular flexibility index (Phi) is 4.27. The molecule has 86 valence electrons. The molecule has 1 aliphatic carbocycles. The topological polar surface area (TPSA) is 18.5 Å². The van der Waals surface area contributed by atoms with Gasteiger partial charge in [0, 0.05) is 12.8 Å². The van der Waals surface area contributed by atoms with E-state index in [1.165, 1.54) is 19.3 Å². The van der Waals surface area contributed by atoms with Gasteiger partial charge >= 0.3 is 0 Å². The summed E-state index contributed by atoms with van der Waals surface area (Å²) < 4.78 is 12.9. The van der Waals surface area contributed by atoms with Crippen molar-refractivity contribution in [1.82, 2.24) is 0 Å². The van der Waals surface area contributed by atoms with E-state index in [4.69, 9.17) is 9.47 Å². The second kappa shape index (κ2) is 5.30. The molecular formula is C11H16Br2O2. The van der Waals surface area contributed by atoms with Gasteiger partial charge in [-0.15, -0.1) is 0 Å². The monoisotopic (exact) mass is 338 g/mol. The maximum atomic E-state index is 6.03. The van der Waals surface area contributed by atoms with E-state index in [0.29, 0.717) is 0 Å². The quantitative estimate of drug-likeness (QED) is 0.754. The third-order valence-corrected chi connectivity index (χ3v) is 3.71. The van der Waals surface area contributed by atoms with Gasteiger partial charge in [0.2, 0.25) is 0 Å². The Bertz CT molecular complexity index is 243. The van der Waals surface area contributed by atoms with Crippen LogP contribution in [0.4, 0.5) is 0 Å². The van der Waals surface area contributed by atoms with Crippen LogP contribution in [0.1, 0.15) is 38.5 Å². The second-order valence-electron chi connectivity index (χ2n) is 4.25. The summed E-state index contributed by atoms with van der Waals surface area (Å²) in [5.74, 6) is -0.227. The minimum absolute atomic E-state index is 0.227. The fraction of sp³-hybridized carbons (Fsp3) is 0.818. The van der Waals surface area contributed by atoms with Crippen molar-refractivity contribution in [3.63, 3.8) is 0 Å². The molecule has 0 N–H and O–H groups in total. The Morgan fingerprint density at radius 2 is 2.00 bits per heavy atom. The summed E-state index contributed by atoms with van der Waals surface area (Å²) in [7, 11) is 0. The van der Waals surface area contributed by atoms with E-state index in [-0.39, 0.29) is 11.9 Å². The highest BCUT2D eigenvalue weighted by atomic mass is 79.9. The maximum Gasteiger partial charge on any atom is 0.168 e. The van der Waals surface area contributed by atoms with Gasteiger partial charge in [-0.2, -0.15) is 0 Å². The smallest absolute Gasteiger partial charge is 0.168 e. The van der Waals surface area contributed by atoms with Crippen LogP contribution < -0.4 is 0 Å². The van der Waals surface area contributed by atoms with Gasteiger partial charge < -0.3 is 9.47 Å². The van der Waals surface area contributed by atoms with Gasteiger partial charge in [0.1, 0.15) is 0 Å². The molecule has 1 spiro atoms. The maximum absolute atomic E-state index is 6.03. The van der Waals surface area contributed by atoms with Crippen molar-refractivity contribution in [1.29, 1.82) is 0 Å². The lowest BCUT2D eigenvalue weighted by molar-refractivity contribution is -0.186. The van der Waals surface area contributed by atoms with Crippen LogP contribution in [0.2, 0.25) is 0 Å². The van der Waals surface area contributed by atoms with E-state index >= 15 is 0 Å². The highest BCUT2D eigenvalue weighted by Crippen LogP contribution is 2.38. The first-order valence-corrected chi connectivity index (χ1v) is 7.12. The molecule has 2 aliphatic rings. The number of hydrogen-bond donors (Lipinski definition) is 0. The Morgan fingerprint density at radius 1 is 1.27 bits per heavy atom. The Labute approximate surface area is 108 Å². The highest BCUT2D eigenvalue weighted by molar-refractivity contribution is 9.28. The molecular weight excluding hydrogens is 324 g/mol. The highest BCUT2D eigenvalue weighted by Gasteiger charge is 2.41. The van der Waals surface area contributed by atoms with E-state index in [1.807, 2.05) is 0 Å². The largest absolute Gasteiger partial charge is 0.347 e. The van der Waals surface area contributed by atoms with Gasteiger partial charge in [-0.05, 0) is 51.1 Å². The first-order valence-electron chi connectivity index (χ1n) is 5.53. The zero-order chi connectivity index (χ0) is 10.7. The lowest BCUT2D eigenvalue weighted by atomic mass is 9.94. The second-order valence-corrected chi connectivity index (χ2v) is 7.02. The summed E-state index contributed by atoms with van der Waals surface area (Å²) in [6.07, 6.45) is 9.17. The molecule has 1 saturated carbocycles. The Hall–Kier alpha value is 0.620. The van der Waals surface area contributed by atoms with E-state index < -0.39 is 0 Å². The molecule has 0 bridgehead atoms. The van der Waals surface area contributed by atoms with Crippen LogP contribution in [-0.4, -0.2) is 18.5 Å². The van der Waals surface area contributed by atoms with Gasteiger partial charge in [0.05, 0.1) is 16.1 Å². The average molecular weight is 340 g/mol. The number of ether oxygens (including phenoxy) is 2. The molecule has 2 fully saturated rings. The summed E-state index contributed by atoms with van der Waals surface area (Å²) in [4.78, 5) is 0. The fourth-order valence-corrected chi connectivity index (χ4v) is 2.68. The summed E-state index contributed by atoms with van der Waals surface area (Å²) >= 11 is 6.70. The summed E-state index contributed by atoms with van der Waals surface area (Å²) in [5, 5.41) is 0. The minimum Gasteiger partial charge on any atom is -0.347 e. The van der Waals surface area contributed by atoms with E-state index in [1.54, 1.807) is 0 Å². The number of hydrogen-bond acceptors (Lipinski definition) is 2. The molecule has 2 nitrogen and oxygen atoms in total. The lowest BCUT2D eigenvalue weighted by Crippen LogP contribution is -2.33. The van der Waals surface area contributed by atoms with Crippen molar-refractivity contribution in [3.05, 3.63) is 9.47 Å². The number of rotatable bonds is 2. The third kappa shape index (κ3) is 3.29. The molecule has 0 aromatic carbocycles. The van der Waals surface area contributed by atoms with Crippen molar-refractivity contribution in [2.75, 3.05) is 6.61 Å². The Morgan fingerprint density at radius 3 is 2.67 bits per heavy atom. The van der Waals surface area contributed by atoms with Crippen LogP contribution in [0.25, 0.3) is 0 Å². The summed E-state index contributed by atoms with van der Waals surface area (Å²) in [6, 6.07) is 0. The van der Waals surface area contributed by atoms with Crippen LogP contribution in [0.3, 0.4) is 0 Å². The zero-order valence-electron chi connectivity index (χ0n) is 8.68. The van der Waals surface area contributed by atoms with E-state index in [9.17, 15) is 0 Å². The minimum atomic E-state index is -0.227. The predicted octanol–water partition coefficient (Wildman–Crippen LogP) is 4.08. The molecule has 0 unspecified atom stereocenters. The van der Waals surface area contributed by atoms with Gasteiger partial charge in [-0.25, -0.2) is 0 Å². The molecule has 15 heavy (non-hydrogen) atoms. The number of halogens is 2. The molecule has 1 aliphatic heterocycles. The van der Waals surface area contributed by atoms with E-state index in [2.05, 4.69) is 37.9 Å². The molecule has 1 heterocycles. The molecule has 0 aromatic rings. The molecule has 1 atom stereocenters. The molecule has 1 saturated heterocycles. The first-order chi connectivity index (χ1) is 7.20. The van der Waals surface area contributed by atoms with Crippen LogP contribution in [0.15, 0.2) is 9.47 Å². The van der Waals surface area contributed by atoms with Gasteiger partial charge in [-0.1, -0.05) is 12.5 Å². The molecule has 2 rings (SSSR count). The van der Waals surface area contributed by atoms with Crippen molar-refractivity contribution in [2.24, 2.45) is 0 Å². The summed E-state index contributed by atoms with van der Waals surface area (Å²) in [5.41, 5.74) is 0. The predicted molar refractivity (Wildman–Crippen MR) is 67.2 cm³/mol. The molecule has 4 heteroatoms. The van der Waals surface area contributed by atoms with Crippen LogP contribution in [-0.2, 0) is 9.47 Å². The standard InChI is InChI=1S/C11H16Br2O2/c12-10(13)5-4-9-8-14-11(15-9)6-2-1-3-7-11/h5,9H,1-4,6-8H2/t9-/m0/s1. The normalized spacial score (nSPS) is 29.3. The van der Waals surface area contributed by atoms with Crippen molar-refractivity contribution in [2.45, 2.75) is 50.4 Å². The summed E-state index contributed by atoms with van der Waals surface area (Å²) in [6.45, 7) is 0.740. The molecule has 0 amide bonds.